The van der Waals surface area contributed by atoms with Gasteiger partial charge in [0.1, 0.15) is 17.7 Å². The van der Waals surface area contributed by atoms with E-state index in [1.807, 2.05) is 4.98 Å². The number of imide groups is 1. The Labute approximate surface area is 100 Å². The minimum atomic E-state index is -1.00. The van der Waals surface area contributed by atoms with Crippen LogP contribution < -0.4 is 11.2 Å². The Morgan fingerprint density at radius 1 is 1.39 bits per heavy atom. The van der Waals surface area contributed by atoms with E-state index in [1.54, 1.807) is 6.07 Å². The van der Waals surface area contributed by atoms with Gasteiger partial charge in [0.15, 0.2) is 0 Å². The number of carbonyl (C=O) groups excluding carboxylic acids is 2. The van der Waals surface area contributed by atoms with E-state index in [-0.39, 0.29) is 12.0 Å². The van der Waals surface area contributed by atoms with Crippen molar-refractivity contribution in [3.63, 3.8) is 0 Å². The fourth-order valence-electron chi connectivity index (χ4n) is 1.75. The lowest BCUT2D eigenvalue weighted by Crippen LogP contribution is -2.36. The van der Waals surface area contributed by atoms with E-state index in [4.69, 9.17) is 5.26 Å². The molecule has 1 fully saturated rings. The van der Waals surface area contributed by atoms with Crippen molar-refractivity contribution in [3.8, 4) is 6.07 Å². The maximum atomic E-state index is 11.7. The van der Waals surface area contributed by atoms with Gasteiger partial charge in [-0.2, -0.15) is 5.26 Å². The number of carbonyl (C=O) groups is 2. The molecular weight excluding hydrogens is 240 g/mol. The number of likely N-dealkylation sites (tertiary alicyclic amines) is 1. The molecule has 0 aliphatic carbocycles. The molecule has 2 amide bonds. The maximum Gasteiger partial charge on any atom is 0.329 e. The van der Waals surface area contributed by atoms with Crippen LogP contribution in [0.1, 0.15) is 18.0 Å². The highest BCUT2D eigenvalue weighted by Crippen LogP contribution is 2.21. The second-order valence-electron chi connectivity index (χ2n) is 3.83. The van der Waals surface area contributed by atoms with Gasteiger partial charge in [0.2, 0.25) is 5.91 Å². The minimum absolute atomic E-state index is 0.161. The van der Waals surface area contributed by atoms with Gasteiger partial charge in [-0.1, -0.05) is 0 Å². The Kier molecular flexibility index (Phi) is 2.59. The first-order valence-corrected chi connectivity index (χ1v) is 5.01. The minimum Gasteiger partial charge on any atom is -0.286 e. The molecule has 18 heavy (non-hydrogen) atoms. The van der Waals surface area contributed by atoms with Crippen LogP contribution in [0.25, 0.3) is 0 Å². The number of H-pyrrole nitrogens is 1. The Bertz CT molecular complexity index is 693. The lowest BCUT2D eigenvalue weighted by atomic mass is 10.2. The van der Waals surface area contributed by atoms with Gasteiger partial charge in [-0.15, -0.1) is 0 Å². The Morgan fingerprint density at radius 3 is 2.56 bits per heavy atom. The number of rotatable bonds is 1. The Hall–Kier alpha value is -2.69. The molecule has 1 N–H and O–H groups in total. The van der Waals surface area contributed by atoms with E-state index in [0.29, 0.717) is 0 Å². The molecule has 1 saturated heterocycles. The van der Waals surface area contributed by atoms with Gasteiger partial charge in [0.05, 0.1) is 6.42 Å². The van der Waals surface area contributed by atoms with E-state index >= 15 is 0 Å². The highest BCUT2D eigenvalue weighted by molar-refractivity contribution is 6.04. The molecule has 1 aliphatic rings. The quantitative estimate of drug-likeness (QED) is 0.597. The summed E-state index contributed by atoms with van der Waals surface area (Å²) in [5, 5.41) is 8.70. The van der Waals surface area contributed by atoms with Crippen LogP contribution in [0.2, 0.25) is 0 Å². The third kappa shape index (κ3) is 1.62. The van der Waals surface area contributed by atoms with Crippen molar-refractivity contribution < 1.29 is 9.59 Å². The number of hydrogen-bond acceptors (Lipinski definition) is 5. The summed E-state index contributed by atoms with van der Waals surface area (Å²) in [6, 6.07) is 0.609. The van der Waals surface area contributed by atoms with Crippen molar-refractivity contribution in [3.05, 3.63) is 32.6 Å². The molecular formula is C10H8N4O4. The van der Waals surface area contributed by atoms with Crippen LogP contribution in [0.4, 0.5) is 0 Å². The second kappa shape index (κ2) is 3.96. The van der Waals surface area contributed by atoms with Gasteiger partial charge in [-0.25, -0.2) is 4.79 Å². The molecule has 1 atom stereocenters. The first-order chi connectivity index (χ1) is 8.45. The molecule has 0 radical (unpaired) electrons. The normalized spacial score (nSPS) is 19.1. The zero-order chi connectivity index (χ0) is 13.4. The summed E-state index contributed by atoms with van der Waals surface area (Å²) in [5.74, 6) is -0.959. The fourth-order valence-corrected chi connectivity index (χ4v) is 1.75. The fraction of sp³-hybridized carbons (Fsp3) is 0.300. The van der Waals surface area contributed by atoms with Crippen LogP contribution >= 0.6 is 0 Å². The monoisotopic (exact) mass is 248 g/mol. The second-order valence-corrected chi connectivity index (χ2v) is 3.83. The van der Waals surface area contributed by atoms with Crippen molar-refractivity contribution in [1.82, 2.24) is 14.5 Å². The number of hydrogen-bond donors (Lipinski definition) is 1. The van der Waals surface area contributed by atoms with Gasteiger partial charge >= 0.3 is 5.69 Å². The molecule has 8 heteroatoms. The van der Waals surface area contributed by atoms with Gasteiger partial charge in [-0.3, -0.25) is 28.8 Å². The molecule has 1 aromatic heterocycles. The summed E-state index contributed by atoms with van der Waals surface area (Å²) in [4.78, 5) is 48.7. The molecule has 1 aliphatic heterocycles. The lowest BCUT2D eigenvalue weighted by molar-refractivity contribution is -0.137. The Balaban J connectivity index is 2.57. The number of nitrogens with one attached hydrogen (secondary N) is 1. The van der Waals surface area contributed by atoms with Gasteiger partial charge in [-0.05, 0) is 0 Å². The van der Waals surface area contributed by atoms with Crippen LogP contribution in [0.5, 0.6) is 0 Å². The molecule has 1 aromatic rings. The van der Waals surface area contributed by atoms with Crippen LogP contribution in [-0.4, -0.2) is 33.3 Å². The molecule has 0 saturated carbocycles. The zero-order valence-corrected chi connectivity index (χ0v) is 9.34. The van der Waals surface area contributed by atoms with Gasteiger partial charge in [0, 0.05) is 13.2 Å². The van der Waals surface area contributed by atoms with Crippen LogP contribution in [0.3, 0.4) is 0 Å². The number of nitriles is 1. The van der Waals surface area contributed by atoms with E-state index in [9.17, 15) is 19.2 Å². The number of aromatic nitrogens is 2. The van der Waals surface area contributed by atoms with Crippen LogP contribution in [0, 0.1) is 11.3 Å². The predicted molar refractivity (Wildman–Crippen MR) is 57.5 cm³/mol. The van der Waals surface area contributed by atoms with Crippen LogP contribution in [0.15, 0.2) is 15.8 Å². The van der Waals surface area contributed by atoms with E-state index < -0.39 is 29.1 Å². The van der Waals surface area contributed by atoms with Crippen molar-refractivity contribution in [2.45, 2.75) is 12.5 Å². The summed E-state index contributed by atoms with van der Waals surface area (Å²) in [5.41, 5.74) is -1.92. The van der Waals surface area contributed by atoms with Crippen molar-refractivity contribution in [2.75, 3.05) is 7.05 Å². The number of nitrogens with zero attached hydrogens (tertiary/aromatic N) is 3. The number of aromatic amines is 1. The van der Waals surface area contributed by atoms with E-state index in [0.717, 1.165) is 15.7 Å². The molecule has 2 rings (SSSR count). The summed E-state index contributed by atoms with van der Waals surface area (Å²) in [7, 11) is 1.31. The van der Waals surface area contributed by atoms with Crippen LogP contribution in [-0.2, 0) is 9.59 Å². The van der Waals surface area contributed by atoms with Gasteiger partial charge < -0.3 is 0 Å². The largest absolute Gasteiger partial charge is 0.329 e. The maximum absolute atomic E-state index is 11.7. The highest BCUT2D eigenvalue weighted by atomic mass is 16.2. The van der Waals surface area contributed by atoms with Crippen molar-refractivity contribution >= 4 is 11.8 Å². The first kappa shape index (κ1) is 11.8. The molecule has 2 heterocycles. The lowest BCUT2D eigenvalue weighted by Gasteiger charge is -2.11. The number of amides is 2. The SMILES string of the molecule is CN1C(=O)CC(n2cc(C#N)c(=O)[nH]c2=O)C1=O. The molecule has 8 nitrogen and oxygen atoms in total. The topological polar surface area (TPSA) is 116 Å². The summed E-state index contributed by atoms with van der Waals surface area (Å²) in [6.07, 6.45) is 0.836. The van der Waals surface area contributed by atoms with Crippen molar-refractivity contribution in [1.29, 1.82) is 5.26 Å². The molecule has 1 unspecified atom stereocenters. The summed E-state index contributed by atoms with van der Waals surface area (Å²) < 4.78 is 0.906. The number of likely N-dealkylation sites (N-methyl/N-ethyl adjacent to an activating group) is 1. The zero-order valence-electron chi connectivity index (χ0n) is 9.34. The Morgan fingerprint density at radius 2 is 2.06 bits per heavy atom. The van der Waals surface area contributed by atoms with Gasteiger partial charge in [0.25, 0.3) is 11.5 Å². The average molecular weight is 248 g/mol. The predicted octanol–water partition coefficient (Wildman–Crippen LogP) is -1.66. The molecule has 92 valence electrons. The molecule has 0 spiro atoms. The smallest absolute Gasteiger partial charge is 0.286 e. The average Bonchev–Trinajstić information content (AvgIpc) is 2.57. The van der Waals surface area contributed by atoms with Crippen molar-refractivity contribution in [2.24, 2.45) is 0 Å². The molecule has 0 bridgehead atoms. The van der Waals surface area contributed by atoms with E-state index in [1.165, 1.54) is 7.05 Å². The summed E-state index contributed by atoms with van der Waals surface area (Å²) in [6.45, 7) is 0. The standard InChI is InChI=1S/C10H8N4O4/c1-13-7(15)2-6(9(13)17)14-4-5(3-11)8(16)12-10(14)18/h4,6H,2H2,1H3,(H,12,16,18). The summed E-state index contributed by atoms with van der Waals surface area (Å²) >= 11 is 0. The van der Waals surface area contributed by atoms with E-state index in [2.05, 4.69) is 0 Å². The highest BCUT2D eigenvalue weighted by Gasteiger charge is 2.38. The third-order valence-corrected chi connectivity index (χ3v) is 2.78. The third-order valence-electron chi connectivity index (χ3n) is 2.78. The first-order valence-electron chi connectivity index (χ1n) is 5.01. The molecule has 0 aromatic carbocycles.